The minimum absolute atomic E-state index is 0.109. The number of nitrogens with one attached hydrogen (secondary N) is 2. The molecule has 0 atom stereocenters. The average molecular weight is 292 g/mol. The van der Waals surface area contributed by atoms with E-state index in [2.05, 4.69) is 20.3 Å². The van der Waals surface area contributed by atoms with Gasteiger partial charge in [0.25, 0.3) is 5.91 Å². The fourth-order valence-corrected chi connectivity index (χ4v) is 2.18. The van der Waals surface area contributed by atoms with Gasteiger partial charge in [0.1, 0.15) is 5.82 Å². The number of amides is 1. The number of pyridine rings is 1. The smallest absolute Gasteiger partial charge is 0.251 e. The highest BCUT2D eigenvalue weighted by atomic mass is 16.1. The second kappa shape index (κ2) is 6.22. The molecule has 0 saturated carbocycles. The van der Waals surface area contributed by atoms with Crippen LogP contribution in [0, 0.1) is 6.92 Å². The zero-order chi connectivity index (χ0) is 15.4. The van der Waals surface area contributed by atoms with Crippen LogP contribution < -0.4 is 5.32 Å². The molecule has 5 nitrogen and oxygen atoms in total. The van der Waals surface area contributed by atoms with E-state index in [1.807, 2.05) is 37.3 Å². The minimum atomic E-state index is -0.109. The number of aromatic amines is 1. The van der Waals surface area contributed by atoms with Crippen molar-refractivity contribution in [2.75, 3.05) is 0 Å². The van der Waals surface area contributed by atoms with E-state index < -0.39 is 0 Å². The molecule has 0 aliphatic carbocycles. The Morgan fingerprint density at radius 2 is 2.14 bits per heavy atom. The van der Waals surface area contributed by atoms with Gasteiger partial charge in [-0.05, 0) is 30.7 Å². The maximum absolute atomic E-state index is 12.2. The van der Waals surface area contributed by atoms with E-state index in [9.17, 15) is 4.79 Å². The lowest BCUT2D eigenvalue weighted by Gasteiger charge is -2.06. The van der Waals surface area contributed by atoms with Crippen molar-refractivity contribution in [3.8, 4) is 11.3 Å². The largest absolute Gasteiger partial charge is 0.348 e. The number of hydrogen-bond donors (Lipinski definition) is 2. The van der Waals surface area contributed by atoms with Crippen molar-refractivity contribution < 1.29 is 4.79 Å². The highest BCUT2D eigenvalue weighted by Gasteiger charge is 2.08. The first-order chi connectivity index (χ1) is 10.7. The Morgan fingerprint density at radius 3 is 2.86 bits per heavy atom. The first-order valence-electron chi connectivity index (χ1n) is 7.01. The summed E-state index contributed by atoms with van der Waals surface area (Å²) in [5, 5.41) is 2.89. The highest BCUT2D eigenvalue weighted by molar-refractivity contribution is 5.95. The van der Waals surface area contributed by atoms with Crippen LogP contribution in [0.5, 0.6) is 0 Å². The van der Waals surface area contributed by atoms with Crippen LogP contribution in [0.1, 0.15) is 21.7 Å². The van der Waals surface area contributed by atoms with Gasteiger partial charge >= 0.3 is 0 Å². The molecule has 3 rings (SSSR count). The summed E-state index contributed by atoms with van der Waals surface area (Å²) in [5.41, 5.74) is 3.43. The number of nitrogens with zero attached hydrogens (tertiary/aromatic N) is 2. The van der Waals surface area contributed by atoms with Crippen LogP contribution in [-0.4, -0.2) is 20.9 Å². The van der Waals surface area contributed by atoms with Crippen molar-refractivity contribution in [1.82, 2.24) is 20.3 Å². The summed E-state index contributed by atoms with van der Waals surface area (Å²) in [6, 6.07) is 11.2. The topological polar surface area (TPSA) is 70.7 Å². The Hall–Kier alpha value is -2.95. The van der Waals surface area contributed by atoms with Crippen LogP contribution in [0.25, 0.3) is 11.3 Å². The minimum Gasteiger partial charge on any atom is -0.348 e. The zero-order valence-electron chi connectivity index (χ0n) is 12.2. The number of rotatable bonds is 4. The summed E-state index contributed by atoms with van der Waals surface area (Å²) in [6.07, 6.45) is 5.22. The SMILES string of the molecule is Cc1ncc(-c2cccc(C(=O)NCc3cccnc3)c2)[nH]1. The normalized spacial score (nSPS) is 10.4. The molecule has 0 aliphatic rings. The van der Waals surface area contributed by atoms with E-state index in [1.165, 1.54) is 0 Å². The molecule has 2 aromatic heterocycles. The molecule has 22 heavy (non-hydrogen) atoms. The summed E-state index contributed by atoms with van der Waals surface area (Å²) in [4.78, 5) is 23.6. The van der Waals surface area contributed by atoms with Crippen molar-refractivity contribution in [3.05, 3.63) is 71.9 Å². The molecule has 0 spiro atoms. The van der Waals surface area contributed by atoms with Gasteiger partial charge in [-0.15, -0.1) is 0 Å². The van der Waals surface area contributed by atoms with E-state index in [0.29, 0.717) is 12.1 Å². The van der Waals surface area contributed by atoms with Crippen LogP contribution in [0.3, 0.4) is 0 Å². The molecule has 0 unspecified atom stereocenters. The van der Waals surface area contributed by atoms with Gasteiger partial charge in [0, 0.05) is 30.1 Å². The molecule has 2 N–H and O–H groups in total. The van der Waals surface area contributed by atoms with Gasteiger partial charge in [0.2, 0.25) is 0 Å². The maximum Gasteiger partial charge on any atom is 0.251 e. The van der Waals surface area contributed by atoms with Gasteiger partial charge < -0.3 is 10.3 Å². The molecule has 2 heterocycles. The lowest BCUT2D eigenvalue weighted by molar-refractivity contribution is 0.0951. The van der Waals surface area contributed by atoms with Gasteiger partial charge in [-0.2, -0.15) is 0 Å². The van der Waals surface area contributed by atoms with Crippen LogP contribution >= 0.6 is 0 Å². The average Bonchev–Trinajstić information content (AvgIpc) is 3.00. The van der Waals surface area contributed by atoms with E-state index in [-0.39, 0.29) is 5.91 Å². The van der Waals surface area contributed by atoms with Gasteiger partial charge in [0.15, 0.2) is 0 Å². The molecule has 110 valence electrons. The summed E-state index contributed by atoms with van der Waals surface area (Å²) in [7, 11) is 0. The van der Waals surface area contributed by atoms with Crippen LogP contribution in [0.4, 0.5) is 0 Å². The number of carbonyl (C=O) groups is 1. The van der Waals surface area contributed by atoms with Crippen LogP contribution in [-0.2, 0) is 6.54 Å². The molecule has 1 aromatic carbocycles. The van der Waals surface area contributed by atoms with Gasteiger partial charge in [-0.3, -0.25) is 9.78 Å². The molecule has 0 bridgehead atoms. The van der Waals surface area contributed by atoms with Crippen molar-refractivity contribution in [1.29, 1.82) is 0 Å². The fraction of sp³-hybridized carbons (Fsp3) is 0.118. The first kappa shape index (κ1) is 14.0. The zero-order valence-corrected chi connectivity index (χ0v) is 12.2. The number of benzene rings is 1. The molecule has 0 aliphatic heterocycles. The second-order valence-corrected chi connectivity index (χ2v) is 5.01. The summed E-state index contributed by atoms with van der Waals surface area (Å²) in [5.74, 6) is 0.739. The van der Waals surface area contributed by atoms with Crippen LogP contribution in [0.2, 0.25) is 0 Å². The van der Waals surface area contributed by atoms with Crippen molar-refractivity contribution >= 4 is 5.91 Å². The molecule has 3 aromatic rings. The highest BCUT2D eigenvalue weighted by Crippen LogP contribution is 2.18. The Kier molecular flexibility index (Phi) is 3.96. The third-order valence-electron chi connectivity index (χ3n) is 3.31. The summed E-state index contributed by atoms with van der Waals surface area (Å²) < 4.78 is 0. The van der Waals surface area contributed by atoms with Crippen LogP contribution in [0.15, 0.2) is 55.0 Å². The predicted octanol–water partition coefficient (Wildman–Crippen LogP) is 2.71. The predicted molar refractivity (Wildman–Crippen MR) is 84.2 cm³/mol. The maximum atomic E-state index is 12.2. The number of aromatic nitrogens is 3. The lowest BCUT2D eigenvalue weighted by atomic mass is 10.1. The number of imidazole rings is 1. The summed E-state index contributed by atoms with van der Waals surface area (Å²) >= 11 is 0. The first-order valence-corrected chi connectivity index (χ1v) is 7.01. The number of carbonyl (C=O) groups excluding carboxylic acids is 1. The quantitative estimate of drug-likeness (QED) is 0.776. The van der Waals surface area contributed by atoms with E-state index in [1.54, 1.807) is 24.7 Å². The molecule has 0 radical (unpaired) electrons. The Balaban J connectivity index is 1.73. The Bertz CT molecular complexity index is 780. The number of H-pyrrole nitrogens is 1. The molecular weight excluding hydrogens is 276 g/mol. The third-order valence-corrected chi connectivity index (χ3v) is 3.31. The van der Waals surface area contributed by atoms with Gasteiger partial charge in [0.05, 0.1) is 11.9 Å². The lowest BCUT2D eigenvalue weighted by Crippen LogP contribution is -2.22. The molecule has 1 amide bonds. The van der Waals surface area contributed by atoms with E-state index in [4.69, 9.17) is 0 Å². The second-order valence-electron chi connectivity index (χ2n) is 5.01. The van der Waals surface area contributed by atoms with Gasteiger partial charge in [-0.25, -0.2) is 4.98 Å². The monoisotopic (exact) mass is 292 g/mol. The molecule has 0 saturated heterocycles. The van der Waals surface area contributed by atoms with E-state index >= 15 is 0 Å². The van der Waals surface area contributed by atoms with Crippen molar-refractivity contribution in [2.24, 2.45) is 0 Å². The Labute approximate surface area is 128 Å². The number of aryl methyl sites for hydroxylation is 1. The molecular formula is C17H16N4O. The summed E-state index contributed by atoms with van der Waals surface area (Å²) in [6.45, 7) is 2.36. The van der Waals surface area contributed by atoms with Gasteiger partial charge in [-0.1, -0.05) is 18.2 Å². The number of hydrogen-bond acceptors (Lipinski definition) is 3. The molecule has 5 heteroatoms. The standard InChI is InChI=1S/C17H16N4O/c1-12-19-11-16(21-12)14-5-2-6-15(8-14)17(22)20-10-13-4-3-7-18-9-13/h2-9,11H,10H2,1H3,(H,19,21)(H,20,22). The van der Waals surface area contributed by atoms with Crippen molar-refractivity contribution in [2.45, 2.75) is 13.5 Å². The third kappa shape index (κ3) is 3.20. The van der Waals surface area contributed by atoms with E-state index in [0.717, 1.165) is 22.6 Å². The van der Waals surface area contributed by atoms with Crippen molar-refractivity contribution in [3.63, 3.8) is 0 Å². The molecule has 0 fully saturated rings. The fourth-order valence-electron chi connectivity index (χ4n) is 2.18. The Morgan fingerprint density at radius 1 is 1.23 bits per heavy atom.